The number of nitrogens with zero attached hydrogens (tertiary/aromatic N) is 2. The number of piperidine rings is 1. The van der Waals surface area contributed by atoms with Crippen LogP contribution < -0.4 is 4.74 Å². The Morgan fingerprint density at radius 1 is 1.36 bits per heavy atom. The number of hydrogen-bond acceptors (Lipinski definition) is 4. The summed E-state index contributed by atoms with van der Waals surface area (Å²) in [4.78, 5) is 27.3. The van der Waals surface area contributed by atoms with Crippen molar-refractivity contribution in [3.63, 3.8) is 0 Å². The first-order valence-corrected chi connectivity index (χ1v) is 8.88. The summed E-state index contributed by atoms with van der Waals surface area (Å²) in [7, 11) is 1.57. The average Bonchev–Trinajstić information content (AvgIpc) is 2.60. The second-order valence-electron chi connectivity index (χ2n) is 6.20. The fourth-order valence-corrected chi connectivity index (χ4v) is 3.51. The van der Waals surface area contributed by atoms with Crippen molar-refractivity contribution in [2.45, 2.75) is 32.2 Å². The maximum atomic E-state index is 12.6. The van der Waals surface area contributed by atoms with E-state index in [9.17, 15) is 9.59 Å². The quantitative estimate of drug-likeness (QED) is 0.799. The van der Waals surface area contributed by atoms with Crippen LogP contribution in [0.1, 0.15) is 25.3 Å². The molecule has 1 aliphatic rings. The molecule has 0 aromatic heterocycles. The number of carboxylic acid groups (broad SMARTS) is 1. The van der Waals surface area contributed by atoms with Gasteiger partial charge in [-0.3, -0.25) is 14.5 Å². The summed E-state index contributed by atoms with van der Waals surface area (Å²) in [5.74, 6) is -0.111. The van der Waals surface area contributed by atoms with E-state index in [4.69, 9.17) is 21.4 Å². The number of methoxy groups -OCH3 is 1. The van der Waals surface area contributed by atoms with Crippen molar-refractivity contribution in [1.82, 2.24) is 9.80 Å². The summed E-state index contributed by atoms with van der Waals surface area (Å²) < 4.78 is 5.30. The zero-order valence-corrected chi connectivity index (χ0v) is 15.5. The van der Waals surface area contributed by atoms with E-state index in [-0.39, 0.29) is 24.9 Å². The Kier molecular flexibility index (Phi) is 7.08. The van der Waals surface area contributed by atoms with Gasteiger partial charge in [-0.25, -0.2) is 0 Å². The molecule has 1 amide bonds. The van der Waals surface area contributed by atoms with Crippen LogP contribution in [0.15, 0.2) is 18.2 Å². The molecular weight excluding hydrogens is 344 g/mol. The number of aliphatic carboxylic acids is 1. The van der Waals surface area contributed by atoms with E-state index < -0.39 is 5.97 Å². The third kappa shape index (κ3) is 5.34. The summed E-state index contributed by atoms with van der Waals surface area (Å²) >= 11 is 6.02. The highest BCUT2D eigenvalue weighted by molar-refractivity contribution is 6.30. The van der Waals surface area contributed by atoms with Crippen LogP contribution in [0.5, 0.6) is 5.75 Å². The Morgan fingerprint density at radius 3 is 2.60 bits per heavy atom. The fraction of sp³-hybridized carbons (Fsp3) is 0.556. The smallest absolute Gasteiger partial charge is 0.317 e. The second kappa shape index (κ2) is 9.06. The van der Waals surface area contributed by atoms with Crippen molar-refractivity contribution < 1.29 is 19.4 Å². The molecule has 0 saturated carbocycles. The minimum Gasteiger partial charge on any atom is -0.496 e. The van der Waals surface area contributed by atoms with Crippen LogP contribution in [0.2, 0.25) is 5.02 Å². The molecule has 0 aliphatic carbocycles. The molecule has 0 radical (unpaired) electrons. The van der Waals surface area contributed by atoms with Crippen LogP contribution in [0.25, 0.3) is 0 Å². The number of hydrogen-bond donors (Lipinski definition) is 1. The Balaban J connectivity index is 1.93. The Labute approximate surface area is 153 Å². The number of halogens is 1. The standard InChI is InChI=1S/C18H25ClN2O4/c1-3-20(12-18(23)24)15-6-8-21(9-7-15)17(22)11-13-10-14(19)4-5-16(13)25-2/h4-5,10,15H,3,6-9,11-12H2,1-2H3,(H,23,24). The van der Waals surface area contributed by atoms with Gasteiger partial charge < -0.3 is 14.7 Å². The summed E-state index contributed by atoms with van der Waals surface area (Å²) in [6, 6.07) is 5.48. The van der Waals surface area contributed by atoms with Crippen molar-refractivity contribution in [1.29, 1.82) is 0 Å². The van der Waals surface area contributed by atoms with Crippen molar-refractivity contribution in [3.8, 4) is 5.75 Å². The van der Waals surface area contributed by atoms with E-state index in [2.05, 4.69) is 0 Å². The summed E-state index contributed by atoms with van der Waals surface area (Å²) in [6.07, 6.45) is 1.83. The van der Waals surface area contributed by atoms with Gasteiger partial charge in [0.15, 0.2) is 0 Å². The van der Waals surface area contributed by atoms with Gasteiger partial charge in [-0.1, -0.05) is 18.5 Å². The first-order chi connectivity index (χ1) is 11.9. The van der Waals surface area contributed by atoms with Crippen molar-refractivity contribution in [2.24, 2.45) is 0 Å². The summed E-state index contributed by atoms with van der Waals surface area (Å²) in [6.45, 7) is 4.00. The Bertz CT molecular complexity index is 615. The van der Waals surface area contributed by atoms with Gasteiger partial charge in [0.25, 0.3) is 0 Å². The van der Waals surface area contributed by atoms with E-state index in [0.717, 1.165) is 18.4 Å². The highest BCUT2D eigenvalue weighted by Gasteiger charge is 2.27. The number of carboxylic acids is 1. The van der Waals surface area contributed by atoms with Gasteiger partial charge in [-0.2, -0.15) is 0 Å². The highest BCUT2D eigenvalue weighted by Crippen LogP contribution is 2.24. The van der Waals surface area contributed by atoms with Crippen molar-refractivity contribution >= 4 is 23.5 Å². The molecule has 2 rings (SSSR count). The molecule has 1 heterocycles. The maximum absolute atomic E-state index is 12.6. The lowest BCUT2D eigenvalue weighted by Crippen LogP contribution is -2.48. The molecule has 0 atom stereocenters. The minimum absolute atomic E-state index is 0.0419. The summed E-state index contributed by atoms with van der Waals surface area (Å²) in [5.41, 5.74) is 0.781. The topological polar surface area (TPSA) is 70.1 Å². The molecule has 1 aromatic rings. The average molecular weight is 369 g/mol. The predicted octanol–water partition coefficient (Wildman–Crippen LogP) is 2.29. The molecule has 25 heavy (non-hydrogen) atoms. The molecular formula is C18H25ClN2O4. The van der Waals surface area contributed by atoms with Gasteiger partial charge >= 0.3 is 5.97 Å². The highest BCUT2D eigenvalue weighted by atomic mass is 35.5. The molecule has 0 bridgehead atoms. The minimum atomic E-state index is -0.812. The van der Waals surface area contributed by atoms with Crippen LogP contribution in [0.4, 0.5) is 0 Å². The van der Waals surface area contributed by atoms with Gasteiger partial charge in [0.1, 0.15) is 5.75 Å². The maximum Gasteiger partial charge on any atom is 0.317 e. The van der Waals surface area contributed by atoms with E-state index in [1.54, 1.807) is 25.3 Å². The fourth-order valence-electron chi connectivity index (χ4n) is 3.31. The molecule has 1 aromatic carbocycles. The molecule has 1 aliphatic heterocycles. The largest absolute Gasteiger partial charge is 0.496 e. The molecule has 1 saturated heterocycles. The molecule has 0 unspecified atom stereocenters. The molecule has 1 N–H and O–H groups in total. The van der Waals surface area contributed by atoms with Crippen LogP contribution in [-0.2, 0) is 16.0 Å². The van der Waals surface area contributed by atoms with Crippen LogP contribution in [-0.4, -0.2) is 66.1 Å². The van der Waals surface area contributed by atoms with Gasteiger partial charge in [0.2, 0.25) is 5.91 Å². The number of likely N-dealkylation sites (tertiary alicyclic amines) is 1. The predicted molar refractivity (Wildman–Crippen MR) is 96.2 cm³/mol. The van der Waals surface area contributed by atoms with E-state index in [0.29, 0.717) is 30.4 Å². The van der Waals surface area contributed by atoms with Crippen molar-refractivity contribution in [2.75, 3.05) is 33.3 Å². The zero-order chi connectivity index (χ0) is 18.4. The SMILES string of the molecule is CCN(CC(=O)O)C1CCN(C(=O)Cc2cc(Cl)ccc2OC)CC1. The Morgan fingerprint density at radius 2 is 2.04 bits per heavy atom. The number of carbonyl (C=O) groups is 2. The van der Waals surface area contributed by atoms with Crippen molar-refractivity contribution in [3.05, 3.63) is 28.8 Å². The first-order valence-electron chi connectivity index (χ1n) is 8.50. The third-order valence-electron chi connectivity index (χ3n) is 4.66. The van der Waals surface area contributed by atoms with Gasteiger partial charge in [0, 0.05) is 29.7 Å². The molecule has 7 heteroatoms. The second-order valence-corrected chi connectivity index (χ2v) is 6.64. The van der Waals surface area contributed by atoms with Gasteiger partial charge in [-0.15, -0.1) is 0 Å². The number of carbonyl (C=O) groups excluding carboxylic acids is 1. The summed E-state index contributed by atoms with van der Waals surface area (Å²) in [5, 5.41) is 9.57. The first kappa shape index (κ1) is 19.5. The van der Waals surface area contributed by atoms with Crippen LogP contribution in [0, 0.1) is 0 Å². The lowest BCUT2D eigenvalue weighted by Gasteiger charge is -2.37. The number of ether oxygens (including phenoxy) is 1. The van der Waals surface area contributed by atoms with Gasteiger partial charge in [-0.05, 0) is 37.6 Å². The number of rotatable bonds is 7. The number of likely N-dealkylation sites (N-methyl/N-ethyl adjacent to an activating group) is 1. The zero-order valence-electron chi connectivity index (χ0n) is 14.7. The van der Waals surface area contributed by atoms with Gasteiger partial charge in [0.05, 0.1) is 20.1 Å². The molecule has 138 valence electrons. The van der Waals surface area contributed by atoms with Crippen LogP contribution >= 0.6 is 11.6 Å². The Hall–Kier alpha value is -1.79. The van der Waals surface area contributed by atoms with E-state index in [1.807, 2.05) is 16.7 Å². The lowest BCUT2D eigenvalue weighted by molar-refractivity contribution is -0.140. The normalized spacial score (nSPS) is 15.4. The van der Waals surface area contributed by atoms with E-state index in [1.165, 1.54) is 0 Å². The molecule has 0 spiro atoms. The third-order valence-corrected chi connectivity index (χ3v) is 4.90. The molecule has 1 fully saturated rings. The monoisotopic (exact) mass is 368 g/mol. The number of amides is 1. The van der Waals surface area contributed by atoms with Crippen LogP contribution in [0.3, 0.4) is 0 Å². The number of benzene rings is 1. The molecule has 6 nitrogen and oxygen atoms in total. The lowest BCUT2D eigenvalue weighted by atomic mass is 10.0. The van der Waals surface area contributed by atoms with E-state index >= 15 is 0 Å².